The molecule has 2 aliphatic rings. The molecule has 3 heteroatoms. The third-order valence-corrected chi connectivity index (χ3v) is 4.63. The minimum Gasteiger partial charge on any atom is -0.493 e. The predicted octanol–water partition coefficient (Wildman–Crippen LogP) is 2.62. The molecule has 3 rings (SSSR count). The van der Waals surface area contributed by atoms with Crippen molar-refractivity contribution in [1.29, 1.82) is 0 Å². The highest BCUT2D eigenvalue weighted by molar-refractivity contribution is 5.42. The summed E-state index contributed by atoms with van der Waals surface area (Å²) in [4.78, 5) is 0. The summed E-state index contributed by atoms with van der Waals surface area (Å²) in [5.74, 6) is 1.00. The zero-order chi connectivity index (χ0) is 13.3. The first-order chi connectivity index (χ1) is 9.23. The Morgan fingerprint density at radius 2 is 2.16 bits per heavy atom. The van der Waals surface area contributed by atoms with Crippen LogP contribution in [0.25, 0.3) is 0 Å². The maximum Gasteiger partial charge on any atom is 0.123 e. The molecule has 2 N–H and O–H groups in total. The molecule has 104 valence electrons. The number of fused-ring (bicyclic) bond motifs is 1. The molecular formula is C16H23NO2. The van der Waals surface area contributed by atoms with Gasteiger partial charge < -0.3 is 15.2 Å². The smallest absolute Gasteiger partial charge is 0.123 e. The Bertz CT molecular complexity index is 448. The summed E-state index contributed by atoms with van der Waals surface area (Å²) in [7, 11) is 0. The lowest BCUT2D eigenvalue weighted by Crippen LogP contribution is -2.42. The van der Waals surface area contributed by atoms with Crippen LogP contribution in [-0.2, 0) is 10.2 Å². The summed E-state index contributed by atoms with van der Waals surface area (Å²) < 4.78 is 11.8. The molecule has 3 nitrogen and oxygen atoms in total. The molecule has 0 spiro atoms. The molecule has 2 aliphatic heterocycles. The van der Waals surface area contributed by atoms with Crippen molar-refractivity contribution < 1.29 is 9.47 Å². The van der Waals surface area contributed by atoms with Gasteiger partial charge in [-0.2, -0.15) is 0 Å². The van der Waals surface area contributed by atoms with Crippen LogP contribution in [0.15, 0.2) is 24.3 Å². The van der Waals surface area contributed by atoms with Gasteiger partial charge in [0.2, 0.25) is 0 Å². The third-order valence-electron chi connectivity index (χ3n) is 4.63. The van der Waals surface area contributed by atoms with Crippen LogP contribution in [0.1, 0.15) is 38.2 Å². The minimum absolute atomic E-state index is 0.0313. The van der Waals surface area contributed by atoms with Crippen LogP contribution in [-0.4, -0.2) is 25.4 Å². The summed E-state index contributed by atoms with van der Waals surface area (Å²) in [6.45, 7) is 3.59. The Labute approximate surface area is 115 Å². The SMILES string of the molecule is CC1CCC(CC2(CN)CCOc3ccccc32)O1. The number of benzene rings is 1. The first kappa shape index (κ1) is 12.9. The fourth-order valence-corrected chi connectivity index (χ4v) is 3.50. The van der Waals surface area contributed by atoms with Crippen molar-refractivity contribution in [2.24, 2.45) is 5.73 Å². The van der Waals surface area contributed by atoms with Gasteiger partial charge >= 0.3 is 0 Å². The lowest BCUT2D eigenvalue weighted by Gasteiger charge is -2.39. The molecule has 1 saturated heterocycles. The largest absolute Gasteiger partial charge is 0.493 e. The number of para-hydroxylation sites is 1. The Morgan fingerprint density at radius 1 is 1.32 bits per heavy atom. The van der Waals surface area contributed by atoms with Gasteiger partial charge in [0.1, 0.15) is 5.75 Å². The molecule has 0 amide bonds. The normalized spacial score (nSPS) is 33.8. The quantitative estimate of drug-likeness (QED) is 0.909. The topological polar surface area (TPSA) is 44.5 Å². The lowest BCUT2D eigenvalue weighted by atomic mass is 9.72. The molecule has 0 aliphatic carbocycles. The summed E-state index contributed by atoms with van der Waals surface area (Å²) in [5, 5.41) is 0. The fourth-order valence-electron chi connectivity index (χ4n) is 3.50. The van der Waals surface area contributed by atoms with Gasteiger partial charge in [-0.25, -0.2) is 0 Å². The van der Waals surface area contributed by atoms with Crippen LogP contribution in [0.4, 0.5) is 0 Å². The highest BCUT2D eigenvalue weighted by atomic mass is 16.5. The molecule has 3 unspecified atom stereocenters. The highest BCUT2D eigenvalue weighted by Gasteiger charge is 2.40. The Kier molecular flexibility index (Phi) is 3.50. The first-order valence-corrected chi connectivity index (χ1v) is 7.31. The van der Waals surface area contributed by atoms with E-state index in [1.807, 2.05) is 6.07 Å². The zero-order valence-electron chi connectivity index (χ0n) is 11.6. The molecule has 1 aromatic carbocycles. The molecule has 0 aromatic heterocycles. The van der Waals surface area contributed by atoms with E-state index in [4.69, 9.17) is 15.2 Å². The van der Waals surface area contributed by atoms with E-state index >= 15 is 0 Å². The summed E-state index contributed by atoms with van der Waals surface area (Å²) in [6, 6.07) is 8.33. The van der Waals surface area contributed by atoms with Crippen molar-refractivity contribution >= 4 is 0 Å². The van der Waals surface area contributed by atoms with E-state index in [0.29, 0.717) is 18.8 Å². The van der Waals surface area contributed by atoms with Gasteiger partial charge in [0.15, 0.2) is 0 Å². The summed E-state index contributed by atoms with van der Waals surface area (Å²) >= 11 is 0. The Hall–Kier alpha value is -1.06. The van der Waals surface area contributed by atoms with Crippen LogP contribution in [0.3, 0.4) is 0 Å². The number of rotatable bonds is 3. The highest BCUT2D eigenvalue weighted by Crippen LogP contribution is 2.43. The minimum atomic E-state index is 0.0313. The summed E-state index contributed by atoms with van der Waals surface area (Å²) in [6.07, 6.45) is 5.10. The third kappa shape index (κ3) is 2.37. The molecule has 0 saturated carbocycles. The second kappa shape index (κ2) is 5.14. The van der Waals surface area contributed by atoms with Crippen molar-refractivity contribution in [3.63, 3.8) is 0 Å². The van der Waals surface area contributed by atoms with Gasteiger partial charge in [-0.3, -0.25) is 0 Å². The van der Waals surface area contributed by atoms with Gasteiger partial charge in [0.25, 0.3) is 0 Å². The van der Waals surface area contributed by atoms with Crippen LogP contribution >= 0.6 is 0 Å². The van der Waals surface area contributed by atoms with E-state index in [9.17, 15) is 0 Å². The van der Waals surface area contributed by atoms with Gasteiger partial charge in [0.05, 0.1) is 18.8 Å². The number of hydrogen-bond acceptors (Lipinski definition) is 3. The van der Waals surface area contributed by atoms with Gasteiger partial charge in [0, 0.05) is 17.5 Å². The van der Waals surface area contributed by atoms with Crippen LogP contribution in [0.2, 0.25) is 0 Å². The second-order valence-corrected chi connectivity index (χ2v) is 5.93. The van der Waals surface area contributed by atoms with E-state index in [2.05, 4.69) is 25.1 Å². The van der Waals surface area contributed by atoms with Gasteiger partial charge in [-0.1, -0.05) is 18.2 Å². The predicted molar refractivity (Wildman–Crippen MR) is 75.5 cm³/mol. The average molecular weight is 261 g/mol. The maximum atomic E-state index is 6.15. The van der Waals surface area contributed by atoms with Gasteiger partial charge in [-0.05, 0) is 38.7 Å². The van der Waals surface area contributed by atoms with Crippen LogP contribution in [0, 0.1) is 0 Å². The number of hydrogen-bond donors (Lipinski definition) is 1. The van der Waals surface area contributed by atoms with Crippen molar-refractivity contribution in [2.75, 3.05) is 13.2 Å². The monoisotopic (exact) mass is 261 g/mol. The number of ether oxygens (including phenoxy) is 2. The van der Waals surface area contributed by atoms with E-state index in [-0.39, 0.29) is 5.41 Å². The van der Waals surface area contributed by atoms with Gasteiger partial charge in [-0.15, -0.1) is 0 Å². The molecule has 0 bridgehead atoms. The molecular weight excluding hydrogens is 238 g/mol. The van der Waals surface area contributed by atoms with Crippen molar-refractivity contribution in [3.05, 3.63) is 29.8 Å². The van der Waals surface area contributed by atoms with E-state index in [1.54, 1.807) is 0 Å². The molecule has 1 fully saturated rings. The Balaban J connectivity index is 1.87. The average Bonchev–Trinajstić information content (AvgIpc) is 2.84. The molecule has 3 atom stereocenters. The fraction of sp³-hybridized carbons (Fsp3) is 0.625. The van der Waals surface area contributed by atoms with Crippen molar-refractivity contribution in [2.45, 2.75) is 50.2 Å². The second-order valence-electron chi connectivity index (χ2n) is 5.93. The van der Waals surface area contributed by atoms with E-state index in [0.717, 1.165) is 31.6 Å². The standard InChI is InChI=1S/C16H23NO2/c1-12-6-7-13(19-12)10-16(11-17)8-9-18-15-5-3-2-4-14(15)16/h2-5,12-13H,6-11,17H2,1H3. The van der Waals surface area contributed by atoms with Crippen LogP contribution < -0.4 is 10.5 Å². The van der Waals surface area contributed by atoms with E-state index < -0.39 is 0 Å². The van der Waals surface area contributed by atoms with Crippen molar-refractivity contribution in [3.8, 4) is 5.75 Å². The first-order valence-electron chi connectivity index (χ1n) is 7.31. The van der Waals surface area contributed by atoms with Crippen LogP contribution in [0.5, 0.6) is 5.75 Å². The van der Waals surface area contributed by atoms with Crippen molar-refractivity contribution in [1.82, 2.24) is 0 Å². The Morgan fingerprint density at radius 3 is 2.89 bits per heavy atom. The summed E-state index contributed by atoms with van der Waals surface area (Å²) in [5.41, 5.74) is 7.46. The van der Waals surface area contributed by atoms with E-state index in [1.165, 1.54) is 12.0 Å². The molecule has 2 heterocycles. The molecule has 1 aromatic rings. The zero-order valence-corrected chi connectivity index (χ0v) is 11.6. The molecule has 0 radical (unpaired) electrons. The molecule has 19 heavy (non-hydrogen) atoms. The number of nitrogens with two attached hydrogens (primary N) is 1. The lowest BCUT2D eigenvalue weighted by molar-refractivity contribution is 0.0304. The maximum absolute atomic E-state index is 6.15.